The van der Waals surface area contributed by atoms with Crippen molar-refractivity contribution in [3.63, 3.8) is 0 Å². The van der Waals surface area contributed by atoms with Gasteiger partial charge >= 0.3 is 0 Å². The normalized spacial score (nSPS) is 20.6. The largest absolute Gasteiger partial charge is 0.324 e. The van der Waals surface area contributed by atoms with Gasteiger partial charge in [-0.2, -0.15) is 0 Å². The minimum absolute atomic E-state index is 0.0278. The molecule has 1 heterocycles. The van der Waals surface area contributed by atoms with Crippen LogP contribution in [0.4, 0.5) is 0 Å². The van der Waals surface area contributed by atoms with Crippen LogP contribution in [0, 0.1) is 0 Å². The second-order valence-electron chi connectivity index (χ2n) is 5.48. The van der Waals surface area contributed by atoms with Crippen molar-refractivity contribution in [1.29, 1.82) is 0 Å². The molecular formula is C13H29N3. The topological polar surface area (TPSA) is 32.5 Å². The first-order valence-electron chi connectivity index (χ1n) is 6.76. The summed E-state index contributed by atoms with van der Waals surface area (Å²) in [6.45, 7) is 14.8. The van der Waals surface area contributed by atoms with Gasteiger partial charge in [-0.25, -0.2) is 0 Å². The summed E-state index contributed by atoms with van der Waals surface area (Å²) in [4.78, 5) is 5.08. The van der Waals surface area contributed by atoms with Crippen molar-refractivity contribution >= 4 is 0 Å². The van der Waals surface area contributed by atoms with Gasteiger partial charge in [-0.1, -0.05) is 13.8 Å². The molecule has 0 aromatic carbocycles. The predicted molar refractivity (Wildman–Crippen MR) is 70.6 cm³/mol. The lowest BCUT2D eigenvalue weighted by molar-refractivity contribution is 0.0891. The number of nitrogens with zero attached hydrogens (tertiary/aromatic N) is 2. The predicted octanol–water partition coefficient (Wildman–Crippen LogP) is 1.53. The highest BCUT2D eigenvalue weighted by atomic mass is 15.3. The first-order valence-corrected chi connectivity index (χ1v) is 6.76. The fourth-order valence-corrected chi connectivity index (χ4v) is 2.36. The number of hydrogen-bond donors (Lipinski definition) is 1. The first kappa shape index (κ1) is 13.9. The van der Waals surface area contributed by atoms with Gasteiger partial charge in [0.2, 0.25) is 0 Å². The van der Waals surface area contributed by atoms with Gasteiger partial charge in [-0.05, 0) is 26.7 Å². The molecule has 1 aliphatic heterocycles. The van der Waals surface area contributed by atoms with Crippen molar-refractivity contribution < 1.29 is 0 Å². The molecule has 1 aliphatic rings. The molecule has 0 aliphatic carbocycles. The Bertz CT molecular complexity index is 191. The van der Waals surface area contributed by atoms with Gasteiger partial charge in [-0.15, -0.1) is 0 Å². The van der Waals surface area contributed by atoms with Crippen LogP contribution in [0.25, 0.3) is 0 Å². The average molecular weight is 227 g/mol. The summed E-state index contributed by atoms with van der Waals surface area (Å²) >= 11 is 0. The van der Waals surface area contributed by atoms with E-state index in [0.717, 1.165) is 19.4 Å². The summed E-state index contributed by atoms with van der Waals surface area (Å²) in [5.74, 6) is 0. The molecule has 0 amide bonds. The van der Waals surface area contributed by atoms with Gasteiger partial charge in [0.15, 0.2) is 0 Å². The van der Waals surface area contributed by atoms with Crippen LogP contribution in [0.2, 0.25) is 0 Å². The molecule has 0 aromatic heterocycles. The Morgan fingerprint density at radius 2 is 1.56 bits per heavy atom. The summed E-state index contributed by atoms with van der Waals surface area (Å²) < 4.78 is 0. The summed E-state index contributed by atoms with van der Waals surface area (Å²) in [7, 11) is 0. The molecule has 0 saturated carbocycles. The Kier molecular flexibility index (Phi) is 5.22. The fourth-order valence-electron chi connectivity index (χ4n) is 2.36. The van der Waals surface area contributed by atoms with Gasteiger partial charge < -0.3 is 5.73 Å². The lowest BCUT2D eigenvalue weighted by Crippen LogP contribution is -2.55. The van der Waals surface area contributed by atoms with Crippen LogP contribution >= 0.6 is 0 Å². The molecule has 3 heteroatoms. The number of hydrogen-bond acceptors (Lipinski definition) is 3. The van der Waals surface area contributed by atoms with E-state index in [1.54, 1.807) is 0 Å². The number of nitrogens with two attached hydrogens (primary N) is 1. The quantitative estimate of drug-likeness (QED) is 0.773. The van der Waals surface area contributed by atoms with Crippen molar-refractivity contribution in [2.45, 2.75) is 52.1 Å². The third-order valence-electron chi connectivity index (χ3n) is 4.08. The molecule has 96 valence electrons. The van der Waals surface area contributed by atoms with Gasteiger partial charge in [0.25, 0.3) is 0 Å². The van der Waals surface area contributed by atoms with Crippen LogP contribution < -0.4 is 5.73 Å². The second kappa shape index (κ2) is 5.99. The van der Waals surface area contributed by atoms with Gasteiger partial charge in [0.05, 0.1) is 0 Å². The Morgan fingerprint density at radius 1 is 1.06 bits per heavy atom. The molecule has 1 fully saturated rings. The monoisotopic (exact) mass is 227 g/mol. The molecule has 0 atom stereocenters. The molecule has 0 spiro atoms. The second-order valence-corrected chi connectivity index (χ2v) is 5.48. The van der Waals surface area contributed by atoms with E-state index in [1.807, 2.05) is 0 Å². The van der Waals surface area contributed by atoms with E-state index < -0.39 is 0 Å². The Labute approximate surface area is 101 Å². The van der Waals surface area contributed by atoms with Gasteiger partial charge in [0.1, 0.15) is 0 Å². The van der Waals surface area contributed by atoms with Crippen LogP contribution in [0.1, 0.15) is 40.5 Å². The molecular weight excluding hydrogens is 198 g/mol. The van der Waals surface area contributed by atoms with Gasteiger partial charge in [0, 0.05) is 44.3 Å². The van der Waals surface area contributed by atoms with E-state index >= 15 is 0 Å². The van der Waals surface area contributed by atoms with Crippen LogP contribution in [-0.2, 0) is 0 Å². The highest BCUT2D eigenvalue weighted by molar-refractivity contribution is 4.87. The zero-order chi connectivity index (χ0) is 12.2. The molecule has 1 rings (SSSR count). The van der Waals surface area contributed by atoms with Crippen molar-refractivity contribution in [3.05, 3.63) is 0 Å². The summed E-state index contributed by atoms with van der Waals surface area (Å²) in [5, 5.41) is 0. The van der Waals surface area contributed by atoms with E-state index in [9.17, 15) is 0 Å². The summed E-state index contributed by atoms with van der Waals surface area (Å²) in [5.41, 5.74) is 6.39. The van der Waals surface area contributed by atoms with E-state index in [-0.39, 0.29) is 5.54 Å². The van der Waals surface area contributed by atoms with E-state index in [2.05, 4.69) is 37.5 Å². The summed E-state index contributed by atoms with van der Waals surface area (Å²) in [6, 6.07) is 0.683. The standard InChI is InChI=1S/C13H29N3/c1-5-13(14,6-2)11-15-7-9-16(10-8-15)12(3)4/h12H,5-11,14H2,1-4H3. The first-order chi connectivity index (χ1) is 7.50. The zero-order valence-corrected chi connectivity index (χ0v) is 11.5. The molecule has 16 heavy (non-hydrogen) atoms. The maximum atomic E-state index is 6.37. The van der Waals surface area contributed by atoms with Crippen LogP contribution in [-0.4, -0.2) is 54.1 Å². The molecule has 0 radical (unpaired) electrons. The highest BCUT2D eigenvalue weighted by Crippen LogP contribution is 2.15. The SMILES string of the molecule is CCC(N)(CC)CN1CCN(C(C)C)CC1. The van der Waals surface area contributed by atoms with Crippen molar-refractivity contribution in [1.82, 2.24) is 9.80 Å². The number of rotatable bonds is 5. The molecule has 0 bridgehead atoms. The Balaban J connectivity index is 2.37. The highest BCUT2D eigenvalue weighted by Gasteiger charge is 2.26. The lowest BCUT2D eigenvalue weighted by Gasteiger charge is -2.40. The summed E-state index contributed by atoms with van der Waals surface area (Å²) in [6.07, 6.45) is 2.15. The van der Waals surface area contributed by atoms with Gasteiger partial charge in [-0.3, -0.25) is 9.80 Å². The van der Waals surface area contributed by atoms with Crippen LogP contribution in [0.15, 0.2) is 0 Å². The van der Waals surface area contributed by atoms with E-state index in [0.29, 0.717) is 6.04 Å². The maximum absolute atomic E-state index is 6.37. The third-order valence-corrected chi connectivity index (χ3v) is 4.08. The van der Waals surface area contributed by atoms with E-state index in [4.69, 9.17) is 5.73 Å². The Morgan fingerprint density at radius 3 is 1.94 bits per heavy atom. The Hall–Kier alpha value is -0.120. The van der Waals surface area contributed by atoms with E-state index in [1.165, 1.54) is 26.2 Å². The molecule has 3 nitrogen and oxygen atoms in total. The smallest absolute Gasteiger partial charge is 0.0278 e. The van der Waals surface area contributed by atoms with Crippen molar-refractivity contribution in [2.75, 3.05) is 32.7 Å². The molecule has 0 aromatic rings. The van der Waals surface area contributed by atoms with Crippen LogP contribution in [0.3, 0.4) is 0 Å². The molecule has 1 saturated heterocycles. The fraction of sp³-hybridized carbons (Fsp3) is 1.00. The molecule has 0 unspecified atom stereocenters. The third kappa shape index (κ3) is 3.72. The minimum atomic E-state index is 0.0278. The van der Waals surface area contributed by atoms with Crippen LogP contribution in [0.5, 0.6) is 0 Å². The zero-order valence-electron chi connectivity index (χ0n) is 11.5. The number of piperazine rings is 1. The molecule has 2 N–H and O–H groups in total. The average Bonchev–Trinajstić information content (AvgIpc) is 2.29. The maximum Gasteiger partial charge on any atom is 0.0278 e. The lowest BCUT2D eigenvalue weighted by atomic mass is 9.93. The van der Waals surface area contributed by atoms with Crippen molar-refractivity contribution in [3.8, 4) is 0 Å². The van der Waals surface area contributed by atoms with Crippen molar-refractivity contribution in [2.24, 2.45) is 5.73 Å². The minimum Gasteiger partial charge on any atom is -0.324 e.